The van der Waals surface area contributed by atoms with E-state index in [1.165, 1.54) is 0 Å². The lowest BCUT2D eigenvalue weighted by molar-refractivity contribution is 0.0784. The molecule has 104 valence electrons. The molecule has 20 heavy (non-hydrogen) atoms. The average molecular weight is 334 g/mol. The molecular formula is C16H16BrNO2. The Morgan fingerprint density at radius 3 is 2.60 bits per heavy atom. The maximum Gasteiger partial charge on any atom is 0.253 e. The molecule has 2 rings (SSSR count). The number of phenolic OH excluding ortho intramolecular Hbond substituents is 1. The van der Waals surface area contributed by atoms with Crippen LogP contribution >= 0.6 is 15.9 Å². The molecule has 2 aromatic rings. The Labute approximate surface area is 127 Å². The van der Waals surface area contributed by atoms with Crippen LogP contribution in [0.1, 0.15) is 21.5 Å². The van der Waals surface area contributed by atoms with Gasteiger partial charge in [0.2, 0.25) is 0 Å². The molecule has 0 heterocycles. The first kappa shape index (κ1) is 14.6. The Hall–Kier alpha value is -1.81. The van der Waals surface area contributed by atoms with Gasteiger partial charge in [0, 0.05) is 29.2 Å². The maximum atomic E-state index is 12.4. The van der Waals surface area contributed by atoms with Crippen molar-refractivity contribution in [2.45, 2.75) is 13.5 Å². The van der Waals surface area contributed by atoms with Gasteiger partial charge in [-0.15, -0.1) is 0 Å². The van der Waals surface area contributed by atoms with Crippen LogP contribution in [0, 0.1) is 6.92 Å². The fourth-order valence-corrected chi connectivity index (χ4v) is 2.66. The number of halogens is 1. The van der Waals surface area contributed by atoms with Crippen molar-refractivity contribution in [1.82, 2.24) is 4.90 Å². The topological polar surface area (TPSA) is 40.5 Å². The highest BCUT2D eigenvalue weighted by atomic mass is 79.9. The van der Waals surface area contributed by atoms with Gasteiger partial charge in [-0.1, -0.05) is 34.1 Å². The molecule has 1 N–H and O–H groups in total. The minimum atomic E-state index is -0.0716. The van der Waals surface area contributed by atoms with E-state index in [1.807, 2.05) is 31.2 Å². The van der Waals surface area contributed by atoms with E-state index in [4.69, 9.17) is 0 Å². The fourth-order valence-electron chi connectivity index (χ4n) is 2.05. The van der Waals surface area contributed by atoms with Crippen LogP contribution in [0.5, 0.6) is 5.75 Å². The summed E-state index contributed by atoms with van der Waals surface area (Å²) in [6.45, 7) is 2.32. The van der Waals surface area contributed by atoms with Gasteiger partial charge in [0.15, 0.2) is 0 Å². The van der Waals surface area contributed by atoms with E-state index in [-0.39, 0.29) is 11.7 Å². The van der Waals surface area contributed by atoms with E-state index in [2.05, 4.69) is 15.9 Å². The number of aromatic hydroxyl groups is 1. The Morgan fingerprint density at radius 1 is 1.25 bits per heavy atom. The summed E-state index contributed by atoms with van der Waals surface area (Å²) < 4.78 is 0.886. The molecule has 0 radical (unpaired) electrons. The van der Waals surface area contributed by atoms with Gasteiger partial charge in [0.1, 0.15) is 5.75 Å². The molecule has 1 amide bonds. The number of hydrogen-bond acceptors (Lipinski definition) is 2. The molecule has 0 saturated carbocycles. The highest BCUT2D eigenvalue weighted by molar-refractivity contribution is 9.10. The van der Waals surface area contributed by atoms with Gasteiger partial charge in [-0.3, -0.25) is 4.79 Å². The molecule has 0 fully saturated rings. The second-order valence-electron chi connectivity index (χ2n) is 4.81. The first-order chi connectivity index (χ1) is 9.47. The number of rotatable bonds is 3. The van der Waals surface area contributed by atoms with E-state index in [0.29, 0.717) is 12.1 Å². The predicted molar refractivity (Wildman–Crippen MR) is 82.8 cm³/mol. The minimum Gasteiger partial charge on any atom is -0.508 e. The third kappa shape index (κ3) is 3.39. The van der Waals surface area contributed by atoms with Gasteiger partial charge >= 0.3 is 0 Å². The van der Waals surface area contributed by atoms with Crippen LogP contribution in [0.3, 0.4) is 0 Å². The van der Waals surface area contributed by atoms with Gasteiger partial charge in [-0.05, 0) is 36.8 Å². The van der Waals surface area contributed by atoms with E-state index >= 15 is 0 Å². The number of benzene rings is 2. The number of carbonyl (C=O) groups is 1. The van der Waals surface area contributed by atoms with E-state index in [1.54, 1.807) is 30.1 Å². The Balaban J connectivity index is 2.18. The van der Waals surface area contributed by atoms with Crippen LogP contribution in [0.2, 0.25) is 0 Å². The summed E-state index contributed by atoms with van der Waals surface area (Å²) >= 11 is 3.40. The summed E-state index contributed by atoms with van der Waals surface area (Å²) in [5.74, 6) is 0.134. The number of para-hydroxylation sites is 1. The van der Waals surface area contributed by atoms with E-state index in [9.17, 15) is 9.90 Å². The van der Waals surface area contributed by atoms with E-state index < -0.39 is 0 Å². The Bertz CT molecular complexity index is 620. The number of nitrogens with zero attached hydrogens (tertiary/aromatic N) is 1. The molecule has 0 aliphatic rings. The first-order valence-corrected chi connectivity index (χ1v) is 7.06. The monoisotopic (exact) mass is 333 g/mol. The van der Waals surface area contributed by atoms with Crippen molar-refractivity contribution in [2.75, 3.05) is 7.05 Å². The van der Waals surface area contributed by atoms with Crippen molar-refractivity contribution < 1.29 is 9.90 Å². The number of carbonyl (C=O) groups excluding carboxylic acids is 1. The third-order valence-corrected chi connectivity index (χ3v) is 3.49. The van der Waals surface area contributed by atoms with Crippen LogP contribution in [0.15, 0.2) is 46.9 Å². The zero-order chi connectivity index (χ0) is 14.7. The summed E-state index contributed by atoms with van der Waals surface area (Å²) in [6, 6.07) is 12.7. The molecule has 0 saturated heterocycles. The number of aryl methyl sites for hydroxylation is 1. The number of hydrogen-bond donors (Lipinski definition) is 1. The van der Waals surface area contributed by atoms with Crippen LogP contribution in [-0.4, -0.2) is 23.0 Å². The third-order valence-electron chi connectivity index (χ3n) is 3.03. The SMILES string of the molecule is Cc1cc(Br)cc(C(=O)N(C)Cc2ccccc2O)c1. The zero-order valence-corrected chi connectivity index (χ0v) is 13.0. The van der Waals surface area contributed by atoms with Crippen molar-refractivity contribution in [3.63, 3.8) is 0 Å². The lowest BCUT2D eigenvalue weighted by Crippen LogP contribution is -2.26. The number of amides is 1. The second kappa shape index (κ2) is 6.09. The fraction of sp³-hybridized carbons (Fsp3) is 0.188. The van der Waals surface area contributed by atoms with Crippen molar-refractivity contribution in [3.05, 3.63) is 63.6 Å². The second-order valence-corrected chi connectivity index (χ2v) is 5.72. The van der Waals surface area contributed by atoms with Crippen LogP contribution in [-0.2, 0) is 6.54 Å². The number of phenols is 1. The molecule has 2 aromatic carbocycles. The zero-order valence-electron chi connectivity index (χ0n) is 11.4. The van der Waals surface area contributed by atoms with Gasteiger partial charge in [0.05, 0.1) is 0 Å². The average Bonchev–Trinajstić information content (AvgIpc) is 2.39. The molecule has 3 nitrogen and oxygen atoms in total. The van der Waals surface area contributed by atoms with Crippen LogP contribution in [0.25, 0.3) is 0 Å². The van der Waals surface area contributed by atoms with E-state index in [0.717, 1.165) is 15.6 Å². The standard InChI is InChI=1S/C16H16BrNO2/c1-11-7-13(9-14(17)8-11)16(20)18(2)10-12-5-3-4-6-15(12)19/h3-9,19H,10H2,1-2H3. The largest absolute Gasteiger partial charge is 0.508 e. The minimum absolute atomic E-state index is 0.0716. The van der Waals surface area contributed by atoms with Crippen LogP contribution in [0.4, 0.5) is 0 Å². The van der Waals surface area contributed by atoms with Gasteiger partial charge < -0.3 is 10.0 Å². The summed E-state index contributed by atoms with van der Waals surface area (Å²) in [5, 5.41) is 9.75. The molecule has 0 aliphatic carbocycles. The summed E-state index contributed by atoms with van der Waals surface area (Å²) in [4.78, 5) is 14.0. The van der Waals surface area contributed by atoms with Gasteiger partial charge in [0.25, 0.3) is 5.91 Å². The molecule has 4 heteroatoms. The van der Waals surface area contributed by atoms with Crippen molar-refractivity contribution in [3.8, 4) is 5.75 Å². The normalized spacial score (nSPS) is 10.3. The Morgan fingerprint density at radius 2 is 1.95 bits per heavy atom. The maximum absolute atomic E-state index is 12.4. The molecule has 0 bridgehead atoms. The predicted octanol–water partition coefficient (Wildman–Crippen LogP) is 3.74. The molecule has 0 aliphatic heterocycles. The highest BCUT2D eigenvalue weighted by Gasteiger charge is 2.14. The molecular weight excluding hydrogens is 318 g/mol. The lowest BCUT2D eigenvalue weighted by atomic mass is 10.1. The molecule has 0 atom stereocenters. The van der Waals surface area contributed by atoms with Gasteiger partial charge in [-0.2, -0.15) is 0 Å². The first-order valence-electron chi connectivity index (χ1n) is 6.27. The smallest absolute Gasteiger partial charge is 0.253 e. The summed E-state index contributed by atoms with van der Waals surface area (Å²) in [6.07, 6.45) is 0. The summed E-state index contributed by atoms with van der Waals surface area (Å²) in [5.41, 5.74) is 2.39. The van der Waals surface area contributed by atoms with Crippen molar-refractivity contribution in [2.24, 2.45) is 0 Å². The highest BCUT2D eigenvalue weighted by Crippen LogP contribution is 2.20. The molecule has 0 aromatic heterocycles. The quantitative estimate of drug-likeness (QED) is 0.929. The van der Waals surface area contributed by atoms with Crippen molar-refractivity contribution in [1.29, 1.82) is 0 Å². The lowest BCUT2D eigenvalue weighted by Gasteiger charge is -2.18. The molecule has 0 unspecified atom stereocenters. The Kier molecular flexibility index (Phi) is 4.45. The van der Waals surface area contributed by atoms with Gasteiger partial charge in [-0.25, -0.2) is 0 Å². The molecule has 0 spiro atoms. The van der Waals surface area contributed by atoms with Crippen LogP contribution < -0.4 is 0 Å². The van der Waals surface area contributed by atoms with Crippen molar-refractivity contribution >= 4 is 21.8 Å². The summed E-state index contributed by atoms with van der Waals surface area (Å²) in [7, 11) is 1.73.